The maximum absolute atomic E-state index is 11.0. The molecule has 4 nitrogen and oxygen atoms in total. The Morgan fingerprint density at radius 3 is 2.82 bits per heavy atom. The molecule has 4 N–H and O–H groups in total. The molecule has 0 aromatic heterocycles. The number of amides is 1. The van der Waals surface area contributed by atoms with Gasteiger partial charge < -0.3 is 16.2 Å². The summed E-state index contributed by atoms with van der Waals surface area (Å²) in [6, 6.07) is 0. The zero-order chi connectivity index (χ0) is 8.48. The van der Waals surface area contributed by atoms with E-state index in [1.54, 1.807) is 7.05 Å². The van der Waals surface area contributed by atoms with E-state index in [1.165, 1.54) is 0 Å². The molecule has 1 aliphatic carbocycles. The zero-order valence-corrected chi connectivity index (χ0v) is 6.63. The van der Waals surface area contributed by atoms with E-state index in [2.05, 4.69) is 5.32 Å². The van der Waals surface area contributed by atoms with E-state index in [0.717, 1.165) is 0 Å². The number of rotatable bonds is 1. The fourth-order valence-corrected chi connectivity index (χ4v) is 1.48. The molecule has 0 heterocycles. The summed E-state index contributed by atoms with van der Waals surface area (Å²) in [5.74, 6) is -0.124. The third kappa shape index (κ3) is 1.91. The van der Waals surface area contributed by atoms with Crippen molar-refractivity contribution in [2.24, 2.45) is 11.7 Å². The maximum Gasteiger partial charge on any atom is 0.223 e. The number of nitrogens with one attached hydrogen (secondary N) is 1. The fourth-order valence-electron chi connectivity index (χ4n) is 1.48. The molecule has 1 aliphatic rings. The predicted molar refractivity (Wildman–Crippen MR) is 40.5 cm³/mol. The first-order valence-electron chi connectivity index (χ1n) is 3.78. The van der Waals surface area contributed by atoms with Gasteiger partial charge in [-0.1, -0.05) is 0 Å². The van der Waals surface area contributed by atoms with Crippen LogP contribution < -0.4 is 11.1 Å². The Bertz CT molecular complexity index is 168. The van der Waals surface area contributed by atoms with Gasteiger partial charge in [0.2, 0.25) is 5.91 Å². The molecule has 2 unspecified atom stereocenters. The van der Waals surface area contributed by atoms with E-state index in [1.807, 2.05) is 0 Å². The van der Waals surface area contributed by atoms with E-state index < -0.39 is 5.72 Å². The highest BCUT2D eigenvalue weighted by atomic mass is 16.3. The van der Waals surface area contributed by atoms with Crippen LogP contribution in [0.25, 0.3) is 0 Å². The van der Waals surface area contributed by atoms with Crippen LogP contribution in [0.15, 0.2) is 0 Å². The number of hydrogen-bond donors (Lipinski definition) is 3. The molecule has 2 atom stereocenters. The first kappa shape index (κ1) is 8.49. The standard InChI is InChI=1S/C7H14N2O2/c1-9-6(10)5-2-3-7(8,11)4-5/h5,11H,2-4,8H2,1H3,(H,9,10). The molecule has 0 aliphatic heterocycles. The summed E-state index contributed by atoms with van der Waals surface area (Å²) < 4.78 is 0. The van der Waals surface area contributed by atoms with Crippen LogP contribution in [0.5, 0.6) is 0 Å². The van der Waals surface area contributed by atoms with Crippen molar-refractivity contribution in [1.82, 2.24) is 5.32 Å². The minimum atomic E-state index is -1.11. The molecule has 64 valence electrons. The average molecular weight is 158 g/mol. The lowest BCUT2D eigenvalue weighted by molar-refractivity contribution is -0.124. The Morgan fingerprint density at radius 2 is 2.45 bits per heavy atom. The van der Waals surface area contributed by atoms with Crippen LogP contribution in [0.3, 0.4) is 0 Å². The number of carbonyl (C=O) groups excluding carboxylic acids is 1. The van der Waals surface area contributed by atoms with Crippen molar-refractivity contribution < 1.29 is 9.90 Å². The molecule has 11 heavy (non-hydrogen) atoms. The highest BCUT2D eigenvalue weighted by Crippen LogP contribution is 2.30. The lowest BCUT2D eigenvalue weighted by atomic mass is 10.1. The summed E-state index contributed by atoms with van der Waals surface area (Å²) in [6.07, 6.45) is 1.59. The monoisotopic (exact) mass is 158 g/mol. The molecule has 1 fully saturated rings. The molecule has 0 radical (unpaired) electrons. The minimum absolute atomic E-state index is 0.0219. The van der Waals surface area contributed by atoms with Gasteiger partial charge in [0, 0.05) is 19.4 Å². The van der Waals surface area contributed by atoms with Crippen molar-refractivity contribution in [3.05, 3.63) is 0 Å². The molecule has 1 rings (SSSR count). The molecule has 0 aromatic rings. The zero-order valence-electron chi connectivity index (χ0n) is 6.63. The van der Waals surface area contributed by atoms with E-state index >= 15 is 0 Å². The summed E-state index contributed by atoms with van der Waals surface area (Å²) in [4.78, 5) is 11.0. The summed E-state index contributed by atoms with van der Waals surface area (Å²) in [5.41, 5.74) is 4.32. The van der Waals surface area contributed by atoms with Crippen molar-refractivity contribution >= 4 is 5.91 Å². The van der Waals surface area contributed by atoms with Crippen LogP contribution in [-0.2, 0) is 4.79 Å². The normalized spacial score (nSPS) is 37.2. The molecule has 0 bridgehead atoms. The van der Waals surface area contributed by atoms with Gasteiger partial charge in [-0.2, -0.15) is 0 Å². The van der Waals surface area contributed by atoms with Gasteiger partial charge in [0.1, 0.15) is 5.72 Å². The molecule has 0 spiro atoms. The highest BCUT2D eigenvalue weighted by molar-refractivity contribution is 5.78. The van der Waals surface area contributed by atoms with Gasteiger partial charge in [0.15, 0.2) is 0 Å². The van der Waals surface area contributed by atoms with Crippen LogP contribution in [0.4, 0.5) is 0 Å². The molecular formula is C7H14N2O2. The Labute approximate surface area is 65.8 Å². The Kier molecular flexibility index (Phi) is 2.15. The fraction of sp³-hybridized carbons (Fsp3) is 0.857. The van der Waals surface area contributed by atoms with Gasteiger partial charge in [0.25, 0.3) is 0 Å². The Morgan fingerprint density at radius 1 is 1.82 bits per heavy atom. The van der Waals surface area contributed by atoms with Crippen LogP contribution in [0, 0.1) is 5.92 Å². The van der Waals surface area contributed by atoms with Crippen molar-refractivity contribution in [1.29, 1.82) is 0 Å². The number of hydrogen-bond acceptors (Lipinski definition) is 3. The molecule has 0 saturated heterocycles. The Balaban J connectivity index is 2.48. The summed E-state index contributed by atoms with van der Waals surface area (Å²) in [5, 5.41) is 11.8. The molecule has 4 heteroatoms. The predicted octanol–water partition coefficient (Wildman–Crippen LogP) is -0.820. The number of carbonyl (C=O) groups is 1. The van der Waals surface area contributed by atoms with Crippen LogP contribution in [0.1, 0.15) is 19.3 Å². The smallest absolute Gasteiger partial charge is 0.223 e. The van der Waals surface area contributed by atoms with Crippen LogP contribution in [0.2, 0.25) is 0 Å². The van der Waals surface area contributed by atoms with Gasteiger partial charge in [-0.3, -0.25) is 4.79 Å². The van der Waals surface area contributed by atoms with Crippen molar-refractivity contribution in [3.63, 3.8) is 0 Å². The third-order valence-electron chi connectivity index (χ3n) is 2.14. The summed E-state index contributed by atoms with van der Waals surface area (Å²) in [7, 11) is 1.59. The topological polar surface area (TPSA) is 75.4 Å². The van der Waals surface area contributed by atoms with Crippen LogP contribution in [-0.4, -0.2) is 23.8 Å². The molecule has 1 saturated carbocycles. The first-order chi connectivity index (χ1) is 5.05. The summed E-state index contributed by atoms with van der Waals surface area (Å²) in [6.45, 7) is 0. The number of nitrogens with two attached hydrogens (primary N) is 1. The largest absolute Gasteiger partial charge is 0.376 e. The van der Waals surface area contributed by atoms with Crippen molar-refractivity contribution in [2.75, 3.05) is 7.05 Å². The molecule has 0 aromatic carbocycles. The molecule has 1 amide bonds. The third-order valence-corrected chi connectivity index (χ3v) is 2.14. The minimum Gasteiger partial charge on any atom is -0.376 e. The molecular weight excluding hydrogens is 144 g/mol. The maximum atomic E-state index is 11.0. The highest BCUT2D eigenvalue weighted by Gasteiger charge is 2.36. The van der Waals surface area contributed by atoms with Crippen molar-refractivity contribution in [2.45, 2.75) is 25.0 Å². The lowest BCUT2D eigenvalue weighted by Gasteiger charge is -2.15. The second-order valence-electron chi connectivity index (χ2n) is 3.16. The second-order valence-corrected chi connectivity index (χ2v) is 3.16. The average Bonchev–Trinajstić information content (AvgIpc) is 2.29. The first-order valence-corrected chi connectivity index (χ1v) is 3.78. The van der Waals surface area contributed by atoms with Gasteiger partial charge in [0.05, 0.1) is 0 Å². The quantitative estimate of drug-likeness (QED) is 0.436. The van der Waals surface area contributed by atoms with Crippen molar-refractivity contribution in [3.8, 4) is 0 Å². The van der Waals surface area contributed by atoms with Crippen LogP contribution >= 0.6 is 0 Å². The SMILES string of the molecule is CNC(=O)C1CCC(N)(O)C1. The van der Waals surface area contributed by atoms with E-state index in [9.17, 15) is 9.90 Å². The Hall–Kier alpha value is -0.610. The van der Waals surface area contributed by atoms with Gasteiger partial charge in [-0.15, -0.1) is 0 Å². The van der Waals surface area contributed by atoms with Gasteiger partial charge in [-0.25, -0.2) is 0 Å². The van der Waals surface area contributed by atoms with Gasteiger partial charge in [-0.05, 0) is 12.8 Å². The van der Waals surface area contributed by atoms with E-state index in [4.69, 9.17) is 5.73 Å². The summed E-state index contributed by atoms with van der Waals surface area (Å²) >= 11 is 0. The van der Waals surface area contributed by atoms with E-state index in [-0.39, 0.29) is 11.8 Å². The lowest BCUT2D eigenvalue weighted by Crippen LogP contribution is -2.37. The van der Waals surface area contributed by atoms with Gasteiger partial charge >= 0.3 is 0 Å². The van der Waals surface area contributed by atoms with E-state index in [0.29, 0.717) is 19.3 Å². The number of aliphatic hydroxyl groups is 1. The second kappa shape index (κ2) is 2.79.